The van der Waals surface area contributed by atoms with E-state index in [0.29, 0.717) is 24.1 Å². The molecule has 0 aliphatic carbocycles. The topological polar surface area (TPSA) is 116 Å². The van der Waals surface area contributed by atoms with Gasteiger partial charge in [-0.1, -0.05) is 25.2 Å². The van der Waals surface area contributed by atoms with Crippen LogP contribution in [0, 0.1) is 5.92 Å². The number of carbonyl (C=O) groups excluding carboxylic acids is 2. The molecule has 7 nitrogen and oxygen atoms in total. The second-order valence-corrected chi connectivity index (χ2v) is 6.93. The third-order valence-electron chi connectivity index (χ3n) is 4.49. The van der Waals surface area contributed by atoms with Crippen molar-refractivity contribution in [2.45, 2.75) is 52.4 Å². The molecule has 0 saturated carbocycles. The van der Waals surface area contributed by atoms with Crippen LogP contribution in [0.3, 0.4) is 0 Å². The van der Waals surface area contributed by atoms with E-state index in [1.807, 2.05) is 13.8 Å². The highest BCUT2D eigenvalue weighted by molar-refractivity contribution is 5.97. The number of aliphatic hydroxyl groups is 2. The first-order chi connectivity index (χ1) is 13.7. The van der Waals surface area contributed by atoms with E-state index in [1.165, 1.54) is 19.1 Å². The number of rotatable bonds is 11. The van der Waals surface area contributed by atoms with E-state index in [0.717, 1.165) is 0 Å². The fourth-order valence-electron chi connectivity index (χ4n) is 2.55. The highest BCUT2D eigenvalue weighted by atomic mass is 16.5. The van der Waals surface area contributed by atoms with Crippen LogP contribution in [0.25, 0.3) is 6.08 Å². The normalized spacial score (nSPS) is 15.8. The van der Waals surface area contributed by atoms with Crippen molar-refractivity contribution in [3.05, 3.63) is 41.5 Å². The molecule has 0 amide bonds. The molecule has 0 aromatic heterocycles. The number of carbonyl (C=O) groups is 2. The van der Waals surface area contributed by atoms with Gasteiger partial charge >= 0.3 is 5.97 Å². The fourth-order valence-corrected chi connectivity index (χ4v) is 2.55. The molecule has 29 heavy (non-hydrogen) atoms. The van der Waals surface area contributed by atoms with E-state index in [9.17, 15) is 24.9 Å². The molecular weight excluding hydrogens is 374 g/mol. The minimum Gasteiger partial charge on any atom is -0.507 e. The molecule has 4 N–H and O–H groups in total. The molecule has 1 rings (SSSR count). The van der Waals surface area contributed by atoms with Gasteiger partial charge in [-0.05, 0) is 44.9 Å². The molecule has 7 heteroatoms. The zero-order valence-electron chi connectivity index (χ0n) is 17.3. The summed E-state index contributed by atoms with van der Waals surface area (Å²) >= 11 is 0. The predicted octanol–water partition coefficient (Wildman–Crippen LogP) is 2.91. The number of esters is 1. The van der Waals surface area contributed by atoms with Crippen molar-refractivity contribution in [3.63, 3.8) is 0 Å². The lowest BCUT2D eigenvalue weighted by Gasteiger charge is -2.19. The SMILES string of the molecule is CCNc1cc(O)c(C(=O)O[C@@H](C)[C@H](C)/C=C/C=O)c(/C=C/C[C@H](O)C(C)O)c1. The van der Waals surface area contributed by atoms with Gasteiger partial charge in [0.15, 0.2) is 0 Å². The lowest BCUT2D eigenvalue weighted by atomic mass is 10.0. The van der Waals surface area contributed by atoms with Gasteiger partial charge in [0.1, 0.15) is 23.7 Å². The van der Waals surface area contributed by atoms with Gasteiger partial charge < -0.3 is 25.4 Å². The standard InChI is InChI=1S/C22H31NO6/c1-5-23-18-12-17(9-6-10-19(26)15(3)25)21(20(27)13-18)22(28)29-16(4)14(2)8-7-11-24/h6-9,11-16,19,23,25-27H,5,10H2,1-4H3/b8-7+,9-6+/t14-,15?,16+,19+/m1/s1. The average Bonchev–Trinajstić information content (AvgIpc) is 2.65. The number of aliphatic hydroxyl groups excluding tert-OH is 2. The lowest BCUT2D eigenvalue weighted by molar-refractivity contribution is -0.104. The summed E-state index contributed by atoms with van der Waals surface area (Å²) < 4.78 is 5.47. The first-order valence-corrected chi connectivity index (χ1v) is 9.67. The number of aldehydes is 1. The molecule has 0 radical (unpaired) electrons. The number of aromatic hydroxyl groups is 1. The Labute approximate surface area is 171 Å². The first-order valence-electron chi connectivity index (χ1n) is 9.67. The highest BCUT2D eigenvalue weighted by Crippen LogP contribution is 2.29. The van der Waals surface area contributed by atoms with Crippen molar-refractivity contribution in [2.75, 3.05) is 11.9 Å². The van der Waals surface area contributed by atoms with Crippen molar-refractivity contribution in [2.24, 2.45) is 5.92 Å². The molecule has 1 aromatic carbocycles. The average molecular weight is 405 g/mol. The number of hydrogen-bond acceptors (Lipinski definition) is 7. The monoisotopic (exact) mass is 405 g/mol. The van der Waals surface area contributed by atoms with Crippen LogP contribution in [0.1, 0.15) is 50.0 Å². The molecule has 0 spiro atoms. The number of ether oxygens (including phenoxy) is 1. The molecule has 0 heterocycles. The molecular formula is C22H31NO6. The number of phenols is 1. The smallest absolute Gasteiger partial charge is 0.342 e. The molecule has 0 aliphatic rings. The second kappa shape index (κ2) is 12.0. The maximum absolute atomic E-state index is 12.7. The Balaban J connectivity index is 3.15. The summed E-state index contributed by atoms with van der Waals surface area (Å²) in [6, 6.07) is 3.15. The minimum absolute atomic E-state index is 0.00727. The van der Waals surface area contributed by atoms with Crippen LogP contribution >= 0.6 is 0 Å². The molecule has 0 bridgehead atoms. The van der Waals surface area contributed by atoms with Crippen LogP contribution in [0.4, 0.5) is 5.69 Å². The van der Waals surface area contributed by atoms with Gasteiger partial charge in [0.2, 0.25) is 0 Å². The number of allylic oxidation sites excluding steroid dienone is 1. The van der Waals surface area contributed by atoms with Crippen molar-refractivity contribution in [3.8, 4) is 5.75 Å². The first kappa shape index (κ1) is 24.4. The third kappa shape index (κ3) is 7.71. The van der Waals surface area contributed by atoms with E-state index >= 15 is 0 Å². The summed E-state index contributed by atoms with van der Waals surface area (Å²) in [6.07, 6.45) is 4.71. The highest BCUT2D eigenvalue weighted by Gasteiger charge is 2.22. The van der Waals surface area contributed by atoms with Crippen LogP contribution in [0.15, 0.2) is 30.4 Å². The van der Waals surface area contributed by atoms with Crippen LogP contribution in [0.5, 0.6) is 5.75 Å². The lowest BCUT2D eigenvalue weighted by Crippen LogP contribution is -2.22. The van der Waals surface area contributed by atoms with Crippen LogP contribution in [-0.4, -0.2) is 52.4 Å². The van der Waals surface area contributed by atoms with Gasteiger partial charge in [-0.25, -0.2) is 4.79 Å². The van der Waals surface area contributed by atoms with Crippen molar-refractivity contribution >= 4 is 24.0 Å². The molecule has 0 saturated heterocycles. The molecule has 0 aliphatic heterocycles. The number of phenolic OH excluding ortho intramolecular Hbond substituents is 1. The summed E-state index contributed by atoms with van der Waals surface area (Å²) in [5, 5.41) is 32.6. The fraction of sp³-hybridized carbons (Fsp3) is 0.455. The summed E-state index contributed by atoms with van der Waals surface area (Å²) in [5.41, 5.74) is 1.06. The van der Waals surface area contributed by atoms with Crippen molar-refractivity contribution in [1.82, 2.24) is 0 Å². The Kier molecular flexibility index (Phi) is 10.1. The number of anilines is 1. The number of benzene rings is 1. The van der Waals surface area contributed by atoms with Crippen LogP contribution < -0.4 is 5.32 Å². The zero-order valence-corrected chi connectivity index (χ0v) is 17.3. The number of hydrogen-bond donors (Lipinski definition) is 4. The van der Waals surface area contributed by atoms with Crippen LogP contribution in [0.2, 0.25) is 0 Å². The van der Waals surface area contributed by atoms with E-state index in [-0.39, 0.29) is 23.7 Å². The number of nitrogens with one attached hydrogen (secondary N) is 1. The van der Waals surface area contributed by atoms with Gasteiger partial charge in [0.05, 0.1) is 12.2 Å². The Morgan fingerprint density at radius 2 is 1.93 bits per heavy atom. The maximum Gasteiger partial charge on any atom is 0.342 e. The largest absolute Gasteiger partial charge is 0.507 e. The Morgan fingerprint density at radius 3 is 2.52 bits per heavy atom. The summed E-state index contributed by atoms with van der Waals surface area (Å²) in [7, 11) is 0. The Bertz CT molecular complexity index is 741. The Hall–Kier alpha value is -2.64. The Morgan fingerprint density at radius 1 is 1.24 bits per heavy atom. The molecule has 1 aromatic rings. The quantitative estimate of drug-likeness (QED) is 0.254. The molecule has 0 fully saturated rings. The second-order valence-electron chi connectivity index (χ2n) is 6.93. The van der Waals surface area contributed by atoms with Gasteiger partial charge in [-0.15, -0.1) is 0 Å². The molecule has 4 atom stereocenters. The van der Waals surface area contributed by atoms with Crippen molar-refractivity contribution < 1.29 is 29.6 Å². The predicted molar refractivity (Wildman–Crippen MR) is 113 cm³/mol. The van der Waals surface area contributed by atoms with E-state index in [4.69, 9.17) is 4.74 Å². The van der Waals surface area contributed by atoms with Gasteiger partial charge in [0.25, 0.3) is 0 Å². The van der Waals surface area contributed by atoms with Gasteiger partial charge in [-0.2, -0.15) is 0 Å². The third-order valence-corrected chi connectivity index (χ3v) is 4.49. The van der Waals surface area contributed by atoms with E-state index in [2.05, 4.69) is 5.32 Å². The van der Waals surface area contributed by atoms with Crippen LogP contribution in [-0.2, 0) is 9.53 Å². The van der Waals surface area contributed by atoms with E-state index < -0.39 is 24.3 Å². The summed E-state index contributed by atoms with van der Waals surface area (Å²) in [4.78, 5) is 23.2. The van der Waals surface area contributed by atoms with Gasteiger partial charge in [0, 0.05) is 24.2 Å². The van der Waals surface area contributed by atoms with E-state index in [1.54, 1.807) is 31.2 Å². The summed E-state index contributed by atoms with van der Waals surface area (Å²) in [6.45, 7) is 7.54. The molecule has 1 unspecified atom stereocenters. The molecule has 160 valence electrons. The van der Waals surface area contributed by atoms with Crippen molar-refractivity contribution in [1.29, 1.82) is 0 Å². The zero-order chi connectivity index (χ0) is 22.0. The minimum atomic E-state index is -0.933. The summed E-state index contributed by atoms with van der Waals surface area (Å²) in [5.74, 6) is -1.11. The maximum atomic E-state index is 12.7. The van der Waals surface area contributed by atoms with Gasteiger partial charge in [-0.3, -0.25) is 4.79 Å².